The number of anilines is 1. The Morgan fingerprint density at radius 3 is 2.87 bits per heavy atom. The Morgan fingerprint density at radius 1 is 1.30 bits per heavy atom. The van der Waals surface area contributed by atoms with Crippen molar-refractivity contribution >= 4 is 17.2 Å². The summed E-state index contributed by atoms with van der Waals surface area (Å²) in [5.41, 5.74) is 7.54. The summed E-state index contributed by atoms with van der Waals surface area (Å²) in [5.74, 6) is 0.719. The second-order valence-corrected chi connectivity index (χ2v) is 5.31. The molecule has 7 heteroatoms. The Morgan fingerprint density at radius 2 is 2.17 bits per heavy atom. The highest BCUT2D eigenvalue weighted by Gasteiger charge is 2.30. The Hall–Kier alpha value is -2.80. The van der Waals surface area contributed by atoms with Crippen molar-refractivity contribution in [2.24, 2.45) is 10.8 Å². The number of non-ortho nitro benzene ring substituents is 1. The van der Waals surface area contributed by atoms with E-state index in [1.165, 1.54) is 6.07 Å². The Balaban J connectivity index is 1.97. The summed E-state index contributed by atoms with van der Waals surface area (Å²) in [6.07, 6.45) is 3.10. The summed E-state index contributed by atoms with van der Waals surface area (Å²) in [5, 5.41) is 17.5. The van der Waals surface area contributed by atoms with Gasteiger partial charge in [0.1, 0.15) is 5.82 Å². The van der Waals surface area contributed by atoms with Crippen molar-refractivity contribution in [3.8, 4) is 0 Å². The quantitative estimate of drug-likeness (QED) is 0.676. The fourth-order valence-electron chi connectivity index (χ4n) is 2.70. The first-order chi connectivity index (χ1) is 11.2. The molecule has 0 bridgehead atoms. The van der Waals surface area contributed by atoms with Crippen LogP contribution >= 0.6 is 0 Å². The number of aromatic nitrogens is 1. The highest BCUT2D eigenvalue weighted by molar-refractivity contribution is 5.89. The average molecular weight is 311 g/mol. The molecular formula is C16H17N5O2. The lowest BCUT2D eigenvalue weighted by atomic mass is 10.00. The molecule has 118 valence electrons. The van der Waals surface area contributed by atoms with Crippen LogP contribution in [0.2, 0.25) is 0 Å². The molecule has 0 amide bonds. The number of nitro benzene ring substituents is 1. The van der Waals surface area contributed by atoms with E-state index in [1.54, 1.807) is 18.3 Å². The van der Waals surface area contributed by atoms with Crippen LogP contribution in [0.1, 0.15) is 24.4 Å². The van der Waals surface area contributed by atoms with Gasteiger partial charge in [-0.15, -0.1) is 0 Å². The lowest BCUT2D eigenvalue weighted by Gasteiger charge is -2.22. The fourth-order valence-corrected chi connectivity index (χ4v) is 2.70. The maximum atomic E-state index is 11.0. The van der Waals surface area contributed by atoms with E-state index in [-0.39, 0.29) is 16.7 Å². The Bertz CT molecular complexity index is 732. The van der Waals surface area contributed by atoms with Crippen molar-refractivity contribution < 1.29 is 4.92 Å². The normalized spacial score (nSPS) is 17.2. The molecular weight excluding hydrogens is 294 g/mol. The molecule has 0 spiro atoms. The summed E-state index contributed by atoms with van der Waals surface area (Å²) in [4.78, 5) is 15.0. The lowest BCUT2D eigenvalue weighted by molar-refractivity contribution is -0.384. The molecule has 3 rings (SSSR count). The van der Waals surface area contributed by atoms with Crippen LogP contribution in [-0.2, 0) is 0 Å². The van der Waals surface area contributed by atoms with Crippen molar-refractivity contribution in [2.45, 2.75) is 18.9 Å². The number of pyridine rings is 1. The van der Waals surface area contributed by atoms with Gasteiger partial charge >= 0.3 is 0 Å². The van der Waals surface area contributed by atoms with Crippen molar-refractivity contribution in [3.05, 3.63) is 64.3 Å². The first kappa shape index (κ1) is 15.1. The van der Waals surface area contributed by atoms with Crippen molar-refractivity contribution in [2.75, 3.05) is 11.6 Å². The van der Waals surface area contributed by atoms with E-state index in [0.29, 0.717) is 19.4 Å². The number of nitrogens with zero attached hydrogens (tertiary/aromatic N) is 4. The van der Waals surface area contributed by atoms with Gasteiger partial charge in [0.15, 0.2) is 0 Å². The molecule has 0 saturated heterocycles. The molecule has 2 heterocycles. The van der Waals surface area contributed by atoms with Gasteiger partial charge in [-0.1, -0.05) is 18.2 Å². The number of hydrogen-bond acceptors (Lipinski definition) is 6. The highest BCUT2D eigenvalue weighted by atomic mass is 16.6. The number of hydrazone groups is 1. The van der Waals surface area contributed by atoms with Gasteiger partial charge < -0.3 is 5.73 Å². The van der Waals surface area contributed by atoms with Gasteiger partial charge in [0, 0.05) is 30.5 Å². The smallest absolute Gasteiger partial charge is 0.269 e. The third-order valence-electron chi connectivity index (χ3n) is 3.76. The summed E-state index contributed by atoms with van der Waals surface area (Å²) in [7, 11) is 0. The molecule has 1 aliphatic rings. The first-order valence-corrected chi connectivity index (χ1v) is 7.40. The largest absolute Gasteiger partial charge is 0.330 e. The number of benzene rings is 1. The molecule has 23 heavy (non-hydrogen) atoms. The highest BCUT2D eigenvalue weighted by Crippen LogP contribution is 2.35. The molecule has 2 N–H and O–H groups in total. The van der Waals surface area contributed by atoms with Crippen LogP contribution in [-0.4, -0.2) is 22.2 Å². The van der Waals surface area contributed by atoms with Gasteiger partial charge in [-0.25, -0.2) is 9.99 Å². The van der Waals surface area contributed by atoms with Crippen molar-refractivity contribution in [3.63, 3.8) is 0 Å². The van der Waals surface area contributed by atoms with Crippen molar-refractivity contribution in [1.82, 2.24) is 4.98 Å². The molecule has 2 aromatic rings. The van der Waals surface area contributed by atoms with Gasteiger partial charge in [-0.2, -0.15) is 5.10 Å². The molecule has 1 unspecified atom stereocenters. The number of hydrogen-bond donors (Lipinski definition) is 1. The number of rotatable bonds is 5. The molecule has 1 atom stereocenters. The number of nitrogens with two attached hydrogens (primary N) is 1. The van der Waals surface area contributed by atoms with Crippen LogP contribution in [0.5, 0.6) is 0 Å². The van der Waals surface area contributed by atoms with Gasteiger partial charge in [-0.05, 0) is 30.7 Å². The SMILES string of the molecule is NCCC1=NN(c2ccccn2)C(c2cccc([N+](=O)[O-])c2)C1. The molecule has 1 aliphatic heterocycles. The number of nitro groups is 1. The van der Waals surface area contributed by atoms with Crippen LogP contribution in [0.3, 0.4) is 0 Å². The average Bonchev–Trinajstić information content (AvgIpc) is 3.00. The maximum absolute atomic E-state index is 11.0. The summed E-state index contributed by atoms with van der Waals surface area (Å²) < 4.78 is 0. The second-order valence-electron chi connectivity index (χ2n) is 5.31. The zero-order chi connectivity index (χ0) is 16.2. The predicted octanol–water partition coefficient (Wildman–Crippen LogP) is 2.65. The van der Waals surface area contributed by atoms with Gasteiger partial charge in [0.05, 0.1) is 11.0 Å². The fraction of sp³-hybridized carbons (Fsp3) is 0.250. The maximum Gasteiger partial charge on any atom is 0.269 e. The van der Waals surface area contributed by atoms with Crippen LogP contribution in [0.15, 0.2) is 53.8 Å². The third kappa shape index (κ3) is 3.19. The molecule has 7 nitrogen and oxygen atoms in total. The van der Waals surface area contributed by atoms with E-state index in [9.17, 15) is 10.1 Å². The standard InChI is InChI=1S/C16H17N5O2/c17-8-7-13-11-15(12-4-3-5-14(10-12)21(22)23)20(19-13)16-6-1-2-9-18-16/h1-6,9-10,15H,7-8,11,17H2. The Kier molecular flexibility index (Phi) is 4.29. The Labute approximate surface area is 133 Å². The van der Waals surface area contributed by atoms with Crippen LogP contribution in [0, 0.1) is 10.1 Å². The zero-order valence-electron chi connectivity index (χ0n) is 12.5. The van der Waals surface area contributed by atoms with Crippen LogP contribution in [0.25, 0.3) is 0 Å². The molecule has 1 aromatic carbocycles. The monoisotopic (exact) mass is 311 g/mol. The van der Waals surface area contributed by atoms with E-state index in [2.05, 4.69) is 10.1 Å². The summed E-state index contributed by atoms with van der Waals surface area (Å²) in [6.45, 7) is 0.524. The predicted molar refractivity (Wildman–Crippen MR) is 88.3 cm³/mol. The third-order valence-corrected chi connectivity index (χ3v) is 3.76. The molecule has 1 aromatic heterocycles. The minimum Gasteiger partial charge on any atom is -0.330 e. The zero-order valence-corrected chi connectivity index (χ0v) is 12.5. The van der Waals surface area contributed by atoms with Gasteiger partial charge in [0.2, 0.25) is 0 Å². The van der Waals surface area contributed by atoms with E-state index in [0.717, 1.165) is 17.1 Å². The van der Waals surface area contributed by atoms with Crippen LogP contribution < -0.4 is 10.7 Å². The minimum absolute atomic E-state index is 0.0794. The minimum atomic E-state index is -0.384. The summed E-state index contributed by atoms with van der Waals surface area (Å²) in [6, 6.07) is 12.2. The van der Waals surface area contributed by atoms with Gasteiger partial charge in [-0.3, -0.25) is 10.1 Å². The molecule has 0 fully saturated rings. The van der Waals surface area contributed by atoms with Crippen LogP contribution in [0.4, 0.5) is 11.5 Å². The van der Waals surface area contributed by atoms with E-state index in [1.807, 2.05) is 29.3 Å². The molecule has 0 saturated carbocycles. The van der Waals surface area contributed by atoms with E-state index in [4.69, 9.17) is 5.73 Å². The molecule has 0 aliphatic carbocycles. The first-order valence-electron chi connectivity index (χ1n) is 7.40. The molecule has 0 radical (unpaired) electrons. The van der Waals surface area contributed by atoms with E-state index >= 15 is 0 Å². The van der Waals surface area contributed by atoms with E-state index < -0.39 is 0 Å². The summed E-state index contributed by atoms with van der Waals surface area (Å²) >= 11 is 0. The lowest BCUT2D eigenvalue weighted by Crippen LogP contribution is -2.19. The second kappa shape index (κ2) is 6.53. The van der Waals surface area contributed by atoms with Gasteiger partial charge in [0.25, 0.3) is 5.69 Å². The van der Waals surface area contributed by atoms with Crippen molar-refractivity contribution in [1.29, 1.82) is 0 Å². The topological polar surface area (TPSA) is 97.7 Å².